The molecule has 0 aliphatic heterocycles. The van der Waals surface area contributed by atoms with Gasteiger partial charge < -0.3 is 15.3 Å². The zero-order valence-electron chi connectivity index (χ0n) is 5.36. The molecule has 54 valence electrons. The highest BCUT2D eigenvalue weighted by atomic mass is 16.4. The molecular formula is C6H12O3. The summed E-state index contributed by atoms with van der Waals surface area (Å²) in [5, 5.41) is 25.8. The molecule has 0 saturated heterocycles. The molecule has 0 aromatic heterocycles. The molecule has 0 aliphatic rings. The van der Waals surface area contributed by atoms with Crippen molar-refractivity contribution in [3.8, 4) is 0 Å². The Balaban J connectivity index is 3.58. The van der Waals surface area contributed by atoms with Crippen LogP contribution in [0.5, 0.6) is 0 Å². The maximum Gasteiger partial charge on any atom is 0.106 e. The number of hydrogen-bond acceptors (Lipinski definition) is 3. The molecule has 0 heterocycles. The molecule has 0 bridgehead atoms. The van der Waals surface area contributed by atoms with Crippen molar-refractivity contribution in [2.24, 2.45) is 0 Å². The van der Waals surface area contributed by atoms with Crippen molar-refractivity contribution < 1.29 is 15.3 Å². The molecule has 9 heavy (non-hydrogen) atoms. The number of rotatable bonds is 3. The maximum absolute atomic E-state index is 8.82. The average Bonchev–Trinajstić information content (AvgIpc) is 1.87. The van der Waals surface area contributed by atoms with E-state index in [9.17, 15) is 0 Å². The largest absolute Gasteiger partial charge is 0.394 e. The van der Waals surface area contributed by atoms with Gasteiger partial charge >= 0.3 is 0 Å². The van der Waals surface area contributed by atoms with Gasteiger partial charge in [-0.1, -0.05) is 12.2 Å². The summed E-state index contributed by atoms with van der Waals surface area (Å²) < 4.78 is 0. The van der Waals surface area contributed by atoms with Crippen LogP contribution in [-0.4, -0.2) is 34.1 Å². The summed E-state index contributed by atoms with van der Waals surface area (Å²) in [7, 11) is 0. The van der Waals surface area contributed by atoms with Crippen LogP contribution in [-0.2, 0) is 0 Å². The summed E-state index contributed by atoms with van der Waals surface area (Å²) in [5.74, 6) is 0. The third-order valence-corrected chi connectivity index (χ3v) is 0.971. The predicted molar refractivity (Wildman–Crippen MR) is 33.9 cm³/mol. The molecule has 2 unspecified atom stereocenters. The number of allylic oxidation sites excluding steroid dienone is 1. The Kier molecular flexibility index (Phi) is 4.30. The van der Waals surface area contributed by atoms with Crippen molar-refractivity contribution in [2.45, 2.75) is 19.1 Å². The normalized spacial score (nSPS) is 18.2. The Morgan fingerprint density at radius 1 is 1.44 bits per heavy atom. The number of aliphatic hydroxyl groups excluding tert-OH is 3. The van der Waals surface area contributed by atoms with Crippen LogP contribution in [0.4, 0.5) is 0 Å². The summed E-state index contributed by atoms with van der Waals surface area (Å²) in [6.45, 7) is 1.32. The molecule has 0 spiro atoms. The average molecular weight is 132 g/mol. The second kappa shape index (κ2) is 4.49. The summed E-state index contributed by atoms with van der Waals surface area (Å²) in [6.07, 6.45) is 1.03. The quantitative estimate of drug-likeness (QED) is 0.444. The van der Waals surface area contributed by atoms with E-state index < -0.39 is 18.8 Å². The van der Waals surface area contributed by atoms with Crippen LogP contribution in [0.2, 0.25) is 0 Å². The molecular weight excluding hydrogens is 120 g/mol. The van der Waals surface area contributed by atoms with E-state index in [4.69, 9.17) is 15.3 Å². The molecule has 3 nitrogen and oxygen atoms in total. The van der Waals surface area contributed by atoms with Crippen LogP contribution in [0.3, 0.4) is 0 Å². The van der Waals surface area contributed by atoms with E-state index in [-0.39, 0.29) is 0 Å². The lowest BCUT2D eigenvalue weighted by Gasteiger charge is -2.09. The Bertz CT molecular complexity index is 90.3. The van der Waals surface area contributed by atoms with Gasteiger partial charge in [-0.3, -0.25) is 0 Å². The van der Waals surface area contributed by atoms with Crippen molar-refractivity contribution in [3.63, 3.8) is 0 Å². The third-order valence-electron chi connectivity index (χ3n) is 0.971. The van der Waals surface area contributed by atoms with E-state index in [0.717, 1.165) is 0 Å². The van der Waals surface area contributed by atoms with Crippen molar-refractivity contribution in [2.75, 3.05) is 6.61 Å². The van der Waals surface area contributed by atoms with Crippen LogP contribution in [0, 0.1) is 0 Å². The number of aliphatic hydroxyl groups is 3. The first-order chi connectivity index (χ1) is 4.22. The van der Waals surface area contributed by atoms with Gasteiger partial charge in [-0.25, -0.2) is 0 Å². The second-order valence-corrected chi connectivity index (χ2v) is 1.77. The summed E-state index contributed by atoms with van der Waals surface area (Å²) in [6, 6.07) is 0. The van der Waals surface area contributed by atoms with Crippen molar-refractivity contribution in [3.05, 3.63) is 12.2 Å². The van der Waals surface area contributed by atoms with Gasteiger partial charge in [0.25, 0.3) is 0 Å². The Morgan fingerprint density at radius 2 is 2.00 bits per heavy atom. The van der Waals surface area contributed by atoms with E-state index in [1.165, 1.54) is 6.08 Å². The summed E-state index contributed by atoms with van der Waals surface area (Å²) in [5.41, 5.74) is 0. The molecule has 0 aromatic rings. The minimum Gasteiger partial charge on any atom is -0.394 e. The Labute approximate surface area is 54.3 Å². The fourth-order valence-electron chi connectivity index (χ4n) is 0.433. The van der Waals surface area contributed by atoms with Crippen LogP contribution in [0.25, 0.3) is 0 Å². The van der Waals surface area contributed by atoms with Crippen molar-refractivity contribution in [1.29, 1.82) is 0 Å². The molecule has 2 atom stereocenters. The zero-order chi connectivity index (χ0) is 7.28. The Hall–Kier alpha value is -0.380. The minimum atomic E-state index is -1.05. The van der Waals surface area contributed by atoms with Gasteiger partial charge in [0.15, 0.2) is 0 Å². The van der Waals surface area contributed by atoms with Gasteiger partial charge in [0, 0.05) is 0 Å². The SMILES string of the molecule is C/C=C/C(O)C(O)CO. The lowest BCUT2D eigenvalue weighted by molar-refractivity contribution is 0.00943. The van der Waals surface area contributed by atoms with Gasteiger partial charge in [0.1, 0.15) is 12.2 Å². The van der Waals surface area contributed by atoms with E-state index in [0.29, 0.717) is 0 Å². The third kappa shape index (κ3) is 3.24. The molecule has 0 radical (unpaired) electrons. The van der Waals surface area contributed by atoms with Gasteiger partial charge in [-0.15, -0.1) is 0 Å². The highest BCUT2D eigenvalue weighted by Crippen LogP contribution is 1.92. The second-order valence-electron chi connectivity index (χ2n) is 1.77. The highest BCUT2D eigenvalue weighted by Gasteiger charge is 2.09. The monoisotopic (exact) mass is 132 g/mol. The fraction of sp³-hybridized carbons (Fsp3) is 0.667. The van der Waals surface area contributed by atoms with Crippen LogP contribution < -0.4 is 0 Å². The van der Waals surface area contributed by atoms with Crippen molar-refractivity contribution >= 4 is 0 Å². The lowest BCUT2D eigenvalue weighted by atomic mass is 10.2. The smallest absolute Gasteiger partial charge is 0.106 e. The lowest BCUT2D eigenvalue weighted by Crippen LogP contribution is -2.27. The predicted octanol–water partition coefficient (Wildman–Crippen LogP) is -0.723. The Morgan fingerprint density at radius 3 is 2.33 bits per heavy atom. The van der Waals surface area contributed by atoms with Gasteiger partial charge in [-0.05, 0) is 6.92 Å². The standard InChI is InChI=1S/C6H12O3/c1-2-3-5(8)6(9)4-7/h2-3,5-9H,4H2,1H3/b3-2+. The fourth-order valence-corrected chi connectivity index (χ4v) is 0.433. The highest BCUT2D eigenvalue weighted by molar-refractivity contribution is 4.89. The first-order valence-electron chi connectivity index (χ1n) is 2.82. The molecule has 3 N–H and O–H groups in total. The first kappa shape index (κ1) is 8.62. The molecule has 0 saturated carbocycles. The molecule has 0 fully saturated rings. The molecule has 0 aliphatic carbocycles. The summed E-state index contributed by atoms with van der Waals surface area (Å²) in [4.78, 5) is 0. The van der Waals surface area contributed by atoms with Crippen LogP contribution >= 0.6 is 0 Å². The van der Waals surface area contributed by atoms with Gasteiger partial charge in [0.05, 0.1) is 6.61 Å². The van der Waals surface area contributed by atoms with E-state index in [1.54, 1.807) is 13.0 Å². The maximum atomic E-state index is 8.82. The van der Waals surface area contributed by atoms with E-state index in [2.05, 4.69) is 0 Å². The topological polar surface area (TPSA) is 60.7 Å². The molecule has 3 heteroatoms. The zero-order valence-corrected chi connectivity index (χ0v) is 5.36. The van der Waals surface area contributed by atoms with Crippen LogP contribution in [0.1, 0.15) is 6.92 Å². The van der Waals surface area contributed by atoms with Gasteiger partial charge in [0.2, 0.25) is 0 Å². The molecule has 0 amide bonds. The van der Waals surface area contributed by atoms with Crippen molar-refractivity contribution in [1.82, 2.24) is 0 Å². The van der Waals surface area contributed by atoms with E-state index >= 15 is 0 Å². The van der Waals surface area contributed by atoms with E-state index in [1.807, 2.05) is 0 Å². The molecule has 0 rings (SSSR count). The van der Waals surface area contributed by atoms with Gasteiger partial charge in [-0.2, -0.15) is 0 Å². The summed E-state index contributed by atoms with van der Waals surface area (Å²) >= 11 is 0. The first-order valence-corrected chi connectivity index (χ1v) is 2.82. The van der Waals surface area contributed by atoms with Crippen LogP contribution in [0.15, 0.2) is 12.2 Å². The molecule has 0 aromatic carbocycles. The number of hydrogen-bond donors (Lipinski definition) is 3. The minimum absolute atomic E-state index is 0.411.